The molecule has 0 spiro atoms. The number of aryl methyl sites for hydroxylation is 2. The highest BCUT2D eigenvalue weighted by Gasteiger charge is 2.10. The van der Waals surface area contributed by atoms with E-state index in [2.05, 4.69) is 27.5 Å². The first kappa shape index (κ1) is 17.1. The van der Waals surface area contributed by atoms with Crippen LogP contribution in [0.1, 0.15) is 23.9 Å². The number of carbonyl (C=O) groups is 1. The fourth-order valence-electron chi connectivity index (χ4n) is 2.48. The van der Waals surface area contributed by atoms with E-state index in [9.17, 15) is 4.79 Å². The highest BCUT2D eigenvalue weighted by molar-refractivity contribution is 7.13. The van der Waals surface area contributed by atoms with Crippen LogP contribution in [0.4, 0.5) is 16.6 Å². The Balaban J connectivity index is 1.62. The average Bonchev–Trinajstić information content (AvgIpc) is 3.02. The van der Waals surface area contributed by atoms with Crippen LogP contribution in [-0.2, 0) is 17.6 Å². The third kappa shape index (κ3) is 4.64. The minimum Gasteiger partial charge on any atom is -0.325 e. The molecule has 0 unspecified atom stereocenters. The molecule has 0 aliphatic heterocycles. The summed E-state index contributed by atoms with van der Waals surface area (Å²) < 4.78 is 0. The summed E-state index contributed by atoms with van der Waals surface area (Å²) in [6.45, 7) is 4.01. The van der Waals surface area contributed by atoms with Crippen molar-refractivity contribution in [3.63, 3.8) is 0 Å². The summed E-state index contributed by atoms with van der Waals surface area (Å²) in [5.41, 5.74) is 3.68. The molecule has 6 heteroatoms. The Hall–Kier alpha value is -2.73. The third-order valence-corrected chi connectivity index (χ3v) is 4.50. The summed E-state index contributed by atoms with van der Waals surface area (Å²) in [5, 5.41) is 8.76. The molecule has 2 heterocycles. The number of nitrogens with zero attached hydrogens (tertiary/aromatic N) is 2. The van der Waals surface area contributed by atoms with Gasteiger partial charge in [0.2, 0.25) is 5.91 Å². The molecule has 0 saturated carbocycles. The standard InChI is InChI=1S/C19H20N4OS/c1-3-14-8-4-5-9-16(14)22-18(24)11-15-12-25-19(21-15)23-17-10-6-7-13(2)20-17/h4-10,12H,3,11H2,1-2H3,(H,22,24)(H,20,21,23). The van der Waals surface area contributed by atoms with Gasteiger partial charge in [0.1, 0.15) is 5.82 Å². The largest absolute Gasteiger partial charge is 0.325 e. The molecule has 1 amide bonds. The molecule has 25 heavy (non-hydrogen) atoms. The second-order valence-electron chi connectivity index (χ2n) is 5.67. The fraction of sp³-hybridized carbons (Fsp3) is 0.211. The first-order valence-electron chi connectivity index (χ1n) is 8.17. The van der Waals surface area contributed by atoms with E-state index in [-0.39, 0.29) is 12.3 Å². The van der Waals surface area contributed by atoms with Crippen molar-refractivity contribution < 1.29 is 4.79 Å². The molecule has 128 valence electrons. The van der Waals surface area contributed by atoms with Crippen LogP contribution >= 0.6 is 11.3 Å². The van der Waals surface area contributed by atoms with Crippen molar-refractivity contribution in [1.29, 1.82) is 0 Å². The Morgan fingerprint density at radius 1 is 1.12 bits per heavy atom. The van der Waals surface area contributed by atoms with E-state index in [1.165, 1.54) is 11.3 Å². The van der Waals surface area contributed by atoms with Crippen molar-refractivity contribution >= 4 is 33.9 Å². The Morgan fingerprint density at radius 3 is 2.76 bits per heavy atom. The van der Waals surface area contributed by atoms with Gasteiger partial charge in [0, 0.05) is 16.8 Å². The third-order valence-electron chi connectivity index (χ3n) is 3.69. The highest BCUT2D eigenvalue weighted by atomic mass is 32.1. The Bertz CT molecular complexity index is 875. The van der Waals surface area contributed by atoms with Crippen LogP contribution in [0.2, 0.25) is 0 Å². The molecular weight excluding hydrogens is 332 g/mol. The molecule has 0 bridgehead atoms. The first-order chi connectivity index (χ1) is 12.1. The topological polar surface area (TPSA) is 66.9 Å². The van der Waals surface area contributed by atoms with Gasteiger partial charge >= 0.3 is 0 Å². The quantitative estimate of drug-likeness (QED) is 0.693. The van der Waals surface area contributed by atoms with Gasteiger partial charge in [0.25, 0.3) is 0 Å². The predicted octanol–water partition coefficient (Wildman–Crippen LogP) is 4.33. The Morgan fingerprint density at radius 2 is 1.96 bits per heavy atom. The van der Waals surface area contributed by atoms with Gasteiger partial charge in [0.05, 0.1) is 12.1 Å². The maximum absolute atomic E-state index is 12.3. The zero-order chi connectivity index (χ0) is 17.6. The number of nitrogens with one attached hydrogen (secondary N) is 2. The number of hydrogen-bond acceptors (Lipinski definition) is 5. The normalized spacial score (nSPS) is 10.5. The van der Waals surface area contributed by atoms with Crippen LogP contribution in [0.25, 0.3) is 0 Å². The van der Waals surface area contributed by atoms with Crippen molar-refractivity contribution in [1.82, 2.24) is 9.97 Å². The summed E-state index contributed by atoms with van der Waals surface area (Å²) in [7, 11) is 0. The maximum Gasteiger partial charge on any atom is 0.230 e. The smallest absolute Gasteiger partial charge is 0.230 e. The first-order valence-corrected chi connectivity index (χ1v) is 9.05. The van der Waals surface area contributed by atoms with Crippen LogP contribution < -0.4 is 10.6 Å². The lowest BCUT2D eigenvalue weighted by Crippen LogP contribution is -2.15. The molecular formula is C19H20N4OS. The van der Waals surface area contributed by atoms with E-state index in [0.29, 0.717) is 0 Å². The summed E-state index contributed by atoms with van der Waals surface area (Å²) >= 11 is 1.46. The molecule has 0 aliphatic rings. The Labute approximate surface area is 151 Å². The maximum atomic E-state index is 12.3. The molecule has 0 radical (unpaired) electrons. The summed E-state index contributed by atoms with van der Waals surface area (Å²) in [5.74, 6) is 0.689. The van der Waals surface area contributed by atoms with Gasteiger partial charge < -0.3 is 10.6 Å². The number of anilines is 3. The molecule has 5 nitrogen and oxygen atoms in total. The number of benzene rings is 1. The molecule has 2 aromatic heterocycles. The summed E-state index contributed by atoms with van der Waals surface area (Å²) in [4.78, 5) is 21.1. The fourth-order valence-corrected chi connectivity index (χ4v) is 3.19. The van der Waals surface area contributed by atoms with Crippen LogP contribution in [-0.4, -0.2) is 15.9 Å². The van der Waals surface area contributed by atoms with E-state index in [0.717, 1.165) is 40.0 Å². The van der Waals surface area contributed by atoms with Gasteiger partial charge in [-0.25, -0.2) is 9.97 Å². The second kappa shape index (κ2) is 7.90. The van der Waals surface area contributed by atoms with E-state index >= 15 is 0 Å². The van der Waals surface area contributed by atoms with Crippen molar-refractivity contribution in [3.8, 4) is 0 Å². The van der Waals surface area contributed by atoms with Crippen LogP contribution in [0, 0.1) is 6.92 Å². The van der Waals surface area contributed by atoms with Crippen molar-refractivity contribution in [2.24, 2.45) is 0 Å². The highest BCUT2D eigenvalue weighted by Crippen LogP contribution is 2.21. The monoisotopic (exact) mass is 352 g/mol. The molecule has 3 aromatic rings. The van der Waals surface area contributed by atoms with E-state index in [4.69, 9.17) is 0 Å². The number of rotatable bonds is 6. The summed E-state index contributed by atoms with van der Waals surface area (Å²) in [6.07, 6.45) is 1.13. The SMILES string of the molecule is CCc1ccccc1NC(=O)Cc1csc(Nc2cccc(C)n2)n1. The number of amides is 1. The van der Waals surface area contributed by atoms with Gasteiger partial charge in [-0.1, -0.05) is 31.2 Å². The molecule has 3 rings (SSSR count). The minimum absolute atomic E-state index is 0.0635. The second-order valence-corrected chi connectivity index (χ2v) is 6.53. The number of carbonyl (C=O) groups excluding carboxylic acids is 1. The van der Waals surface area contributed by atoms with Gasteiger partial charge in [-0.2, -0.15) is 0 Å². The number of hydrogen-bond donors (Lipinski definition) is 2. The number of para-hydroxylation sites is 1. The molecule has 0 aliphatic carbocycles. The number of thiazole rings is 1. The van der Waals surface area contributed by atoms with E-state index in [1.807, 2.05) is 54.8 Å². The van der Waals surface area contributed by atoms with Crippen LogP contribution in [0.5, 0.6) is 0 Å². The lowest BCUT2D eigenvalue weighted by molar-refractivity contribution is -0.115. The molecule has 0 saturated heterocycles. The zero-order valence-corrected chi connectivity index (χ0v) is 15.1. The number of aromatic nitrogens is 2. The number of pyridine rings is 1. The average molecular weight is 352 g/mol. The van der Waals surface area contributed by atoms with Gasteiger partial charge in [-0.3, -0.25) is 4.79 Å². The predicted molar refractivity (Wildman–Crippen MR) is 103 cm³/mol. The van der Waals surface area contributed by atoms with E-state index in [1.54, 1.807) is 0 Å². The van der Waals surface area contributed by atoms with E-state index < -0.39 is 0 Å². The van der Waals surface area contributed by atoms with Crippen molar-refractivity contribution in [2.75, 3.05) is 10.6 Å². The van der Waals surface area contributed by atoms with Crippen LogP contribution in [0.15, 0.2) is 47.8 Å². The molecule has 0 fully saturated rings. The van der Waals surface area contributed by atoms with Crippen LogP contribution in [0.3, 0.4) is 0 Å². The zero-order valence-electron chi connectivity index (χ0n) is 14.2. The lowest BCUT2D eigenvalue weighted by Gasteiger charge is -2.08. The minimum atomic E-state index is -0.0635. The molecule has 2 N–H and O–H groups in total. The van der Waals surface area contributed by atoms with Gasteiger partial charge in [-0.05, 0) is 37.1 Å². The molecule has 0 atom stereocenters. The van der Waals surface area contributed by atoms with Crippen molar-refractivity contribution in [2.45, 2.75) is 26.7 Å². The van der Waals surface area contributed by atoms with Crippen molar-refractivity contribution in [3.05, 3.63) is 64.8 Å². The van der Waals surface area contributed by atoms with Gasteiger partial charge in [0.15, 0.2) is 5.13 Å². The molecule has 1 aromatic carbocycles. The lowest BCUT2D eigenvalue weighted by atomic mass is 10.1. The van der Waals surface area contributed by atoms with Gasteiger partial charge in [-0.15, -0.1) is 11.3 Å². The Kier molecular flexibility index (Phi) is 5.40. The summed E-state index contributed by atoms with van der Waals surface area (Å²) in [6, 6.07) is 13.6.